The Kier molecular flexibility index (Phi) is 5.75. The molecule has 0 saturated heterocycles. The van der Waals surface area contributed by atoms with E-state index in [2.05, 4.69) is 0 Å². The molecule has 6 heteroatoms. The summed E-state index contributed by atoms with van der Waals surface area (Å²) in [6.45, 7) is 3.28. The van der Waals surface area contributed by atoms with Gasteiger partial charge in [0.1, 0.15) is 0 Å². The van der Waals surface area contributed by atoms with Crippen molar-refractivity contribution in [1.82, 2.24) is 0 Å². The van der Waals surface area contributed by atoms with Gasteiger partial charge in [-0.1, -0.05) is 0 Å². The first-order valence-electron chi connectivity index (χ1n) is 4.15. The molecule has 13 heavy (non-hydrogen) atoms. The van der Waals surface area contributed by atoms with Crippen LogP contribution in [0, 0.1) is 0 Å². The van der Waals surface area contributed by atoms with Gasteiger partial charge in [-0.2, -0.15) is 0 Å². The van der Waals surface area contributed by atoms with E-state index in [1.807, 2.05) is 0 Å². The SMILES string of the molecule is CC(C)S(=O)(=O)CCCCS(=O)O. The summed E-state index contributed by atoms with van der Waals surface area (Å²) < 4.78 is 41.1. The van der Waals surface area contributed by atoms with Gasteiger partial charge >= 0.3 is 0 Å². The standard InChI is InChI=1S/C7H16O4S2/c1-7(2)13(10,11)6-4-3-5-12(8)9/h7H,3-6H2,1-2H3,(H,8,9). The topological polar surface area (TPSA) is 71.4 Å². The van der Waals surface area contributed by atoms with Gasteiger partial charge in [-0.05, 0) is 26.7 Å². The molecule has 0 spiro atoms. The van der Waals surface area contributed by atoms with Crippen molar-refractivity contribution in [2.45, 2.75) is 31.9 Å². The summed E-state index contributed by atoms with van der Waals surface area (Å²) in [5.41, 5.74) is 0. The van der Waals surface area contributed by atoms with E-state index in [4.69, 9.17) is 4.55 Å². The van der Waals surface area contributed by atoms with Crippen LogP contribution in [0.25, 0.3) is 0 Å². The van der Waals surface area contributed by atoms with Gasteiger partial charge in [-0.25, -0.2) is 12.6 Å². The summed E-state index contributed by atoms with van der Waals surface area (Å²) in [5.74, 6) is 0.273. The summed E-state index contributed by atoms with van der Waals surface area (Å²) in [5, 5.41) is -0.355. The Morgan fingerprint density at radius 3 is 2.23 bits per heavy atom. The molecule has 0 aliphatic heterocycles. The smallest absolute Gasteiger partial charge is 0.152 e. The lowest BCUT2D eigenvalue weighted by molar-refractivity contribution is 0.559. The zero-order valence-electron chi connectivity index (χ0n) is 7.89. The zero-order valence-corrected chi connectivity index (χ0v) is 9.53. The van der Waals surface area contributed by atoms with Crippen LogP contribution in [0.5, 0.6) is 0 Å². The lowest BCUT2D eigenvalue weighted by atomic mass is 10.4. The zero-order chi connectivity index (χ0) is 10.5. The number of hydrogen-bond acceptors (Lipinski definition) is 3. The first-order valence-corrected chi connectivity index (χ1v) is 7.14. The van der Waals surface area contributed by atoms with Crippen molar-refractivity contribution in [1.29, 1.82) is 0 Å². The average Bonchev–Trinajstić information content (AvgIpc) is 1.97. The average molecular weight is 228 g/mol. The van der Waals surface area contributed by atoms with E-state index in [1.54, 1.807) is 13.8 Å². The number of rotatable bonds is 6. The van der Waals surface area contributed by atoms with Crippen LogP contribution in [-0.2, 0) is 20.9 Å². The Labute approximate surface area is 81.9 Å². The Morgan fingerprint density at radius 2 is 1.85 bits per heavy atom. The highest BCUT2D eigenvalue weighted by Crippen LogP contribution is 2.04. The Hall–Kier alpha value is 0.0600. The van der Waals surface area contributed by atoms with E-state index in [-0.39, 0.29) is 16.8 Å². The fourth-order valence-corrected chi connectivity index (χ4v) is 2.29. The van der Waals surface area contributed by atoms with Gasteiger partial charge in [0.25, 0.3) is 0 Å². The third-order valence-corrected chi connectivity index (χ3v) is 4.65. The maximum Gasteiger partial charge on any atom is 0.152 e. The van der Waals surface area contributed by atoms with E-state index >= 15 is 0 Å². The largest absolute Gasteiger partial charge is 0.306 e. The number of hydrogen-bond donors (Lipinski definition) is 1. The van der Waals surface area contributed by atoms with Crippen molar-refractivity contribution >= 4 is 20.9 Å². The van der Waals surface area contributed by atoms with E-state index in [0.29, 0.717) is 12.8 Å². The van der Waals surface area contributed by atoms with Gasteiger partial charge < -0.3 is 4.55 Å². The molecule has 0 fully saturated rings. The van der Waals surface area contributed by atoms with Crippen LogP contribution >= 0.6 is 0 Å². The molecule has 0 radical (unpaired) electrons. The van der Waals surface area contributed by atoms with Crippen LogP contribution < -0.4 is 0 Å². The molecule has 1 N–H and O–H groups in total. The van der Waals surface area contributed by atoms with E-state index in [0.717, 1.165) is 0 Å². The van der Waals surface area contributed by atoms with Crippen LogP contribution in [0.2, 0.25) is 0 Å². The third-order valence-electron chi connectivity index (χ3n) is 1.72. The first-order chi connectivity index (χ1) is 5.86. The summed E-state index contributed by atoms with van der Waals surface area (Å²) in [6, 6.07) is 0. The van der Waals surface area contributed by atoms with E-state index in [9.17, 15) is 12.6 Å². The summed E-state index contributed by atoms with van der Waals surface area (Å²) in [4.78, 5) is 0. The molecule has 80 valence electrons. The van der Waals surface area contributed by atoms with Crippen molar-refractivity contribution < 1.29 is 17.2 Å². The van der Waals surface area contributed by atoms with Crippen molar-refractivity contribution in [3.8, 4) is 0 Å². The van der Waals surface area contributed by atoms with Crippen LogP contribution in [0.15, 0.2) is 0 Å². The second-order valence-electron chi connectivity index (χ2n) is 3.15. The van der Waals surface area contributed by atoms with Crippen LogP contribution in [0.1, 0.15) is 26.7 Å². The minimum absolute atomic E-state index is 0.113. The minimum atomic E-state index is -2.98. The number of unbranched alkanes of at least 4 members (excludes halogenated alkanes) is 1. The molecular formula is C7H16O4S2. The second-order valence-corrected chi connectivity index (χ2v) is 6.88. The molecule has 0 bridgehead atoms. The van der Waals surface area contributed by atoms with Gasteiger partial charge in [0.05, 0.1) is 11.0 Å². The molecule has 0 aliphatic rings. The maximum absolute atomic E-state index is 11.2. The fourth-order valence-electron chi connectivity index (χ4n) is 0.764. The van der Waals surface area contributed by atoms with Crippen LogP contribution in [0.3, 0.4) is 0 Å². The second kappa shape index (κ2) is 5.72. The summed E-state index contributed by atoms with van der Waals surface area (Å²) in [6.07, 6.45) is 0.946. The molecule has 0 heterocycles. The van der Waals surface area contributed by atoms with Gasteiger partial charge in [-0.15, -0.1) is 0 Å². The highest BCUT2D eigenvalue weighted by molar-refractivity contribution is 7.91. The monoisotopic (exact) mass is 228 g/mol. The highest BCUT2D eigenvalue weighted by Gasteiger charge is 2.14. The van der Waals surface area contributed by atoms with Crippen LogP contribution in [0.4, 0.5) is 0 Å². The van der Waals surface area contributed by atoms with Crippen LogP contribution in [-0.4, -0.2) is 33.9 Å². The molecule has 1 unspecified atom stereocenters. The molecule has 0 saturated carbocycles. The predicted molar refractivity (Wildman–Crippen MR) is 53.8 cm³/mol. The van der Waals surface area contributed by atoms with Crippen molar-refractivity contribution in [3.63, 3.8) is 0 Å². The minimum Gasteiger partial charge on any atom is -0.306 e. The molecule has 0 aliphatic carbocycles. The Balaban J connectivity index is 3.72. The third kappa shape index (κ3) is 6.17. The molecule has 4 nitrogen and oxygen atoms in total. The molecule has 0 aromatic rings. The Bertz CT molecular complexity index is 256. The predicted octanol–water partition coefficient (Wildman–Crippen LogP) is 0.812. The van der Waals surface area contributed by atoms with E-state index < -0.39 is 20.9 Å². The van der Waals surface area contributed by atoms with Crippen molar-refractivity contribution in [3.05, 3.63) is 0 Å². The van der Waals surface area contributed by atoms with E-state index in [1.165, 1.54) is 0 Å². The van der Waals surface area contributed by atoms with Crippen molar-refractivity contribution in [2.75, 3.05) is 11.5 Å². The van der Waals surface area contributed by atoms with Gasteiger partial charge in [0.2, 0.25) is 0 Å². The Morgan fingerprint density at radius 1 is 1.31 bits per heavy atom. The number of sulfone groups is 1. The van der Waals surface area contributed by atoms with Gasteiger partial charge in [0, 0.05) is 5.75 Å². The van der Waals surface area contributed by atoms with Gasteiger partial charge in [-0.3, -0.25) is 0 Å². The lowest BCUT2D eigenvalue weighted by Crippen LogP contribution is -2.18. The highest BCUT2D eigenvalue weighted by atomic mass is 32.2. The molecule has 0 aromatic heterocycles. The fraction of sp³-hybridized carbons (Fsp3) is 1.00. The first kappa shape index (κ1) is 13.1. The normalized spacial score (nSPS) is 14.8. The molecule has 0 aromatic carbocycles. The summed E-state index contributed by atoms with van der Waals surface area (Å²) >= 11 is -1.80. The molecular weight excluding hydrogens is 212 g/mol. The maximum atomic E-state index is 11.2. The lowest BCUT2D eigenvalue weighted by Gasteiger charge is -2.06. The summed E-state index contributed by atoms with van der Waals surface area (Å²) in [7, 11) is -2.98. The quantitative estimate of drug-likeness (QED) is 0.539. The van der Waals surface area contributed by atoms with Gasteiger partial charge in [0.15, 0.2) is 20.9 Å². The molecule has 0 amide bonds. The molecule has 0 rings (SSSR count). The molecule has 1 atom stereocenters. The van der Waals surface area contributed by atoms with Crippen molar-refractivity contribution in [2.24, 2.45) is 0 Å².